The van der Waals surface area contributed by atoms with E-state index in [1.807, 2.05) is 12.1 Å². The smallest absolute Gasteiger partial charge is 0.124 e. The first-order valence-corrected chi connectivity index (χ1v) is 7.67. The molecule has 0 spiro atoms. The highest BCUT2D eigenvalue weighted by Crippen LogP contribution is 2.22. The van der Waals surface area contributed by atoms with Crippen LogP contribution < -0.4 is 0 Å². The van der Waals surface area contributed by atoms with E-state index < -0.39 is 0 Å². The van der Waals surface area contributed by atoms with Crippen molar-refractivity contribution in [3.8, 4) is 11.8 Å². The van der Waals surface area contributed by atoms with E-state index in [0.717, 1.165) is 10.6 Å². The molecule has 0 aliphatic heterocycles. The zero-order chi connectivity index (χ0) is 15.1. The molecule has 1 heterocycles. The lowest BCUT2D eigenvalue weighted by molar-refractivity contribution is 0.305. The van der Waals surface area contributed by atoms with Gasteiger partial charge in [0.25, 0.3) is 0 Å². The van der Waals surface area contributed by atoms with Crippen LogP contribution in [-0.2, 0) is 5.75 Å². The number of aliphatic hydroxyl groups excluding tert-OH is 1. The van der Waals surface area contributed by atoms with Gasteiger partial charge in [-0.05, 0) is 35.9 Å². The van der Waals surface area contributed by atoms with E-state index in [-0.39, 0.29) is 12.4 Å². The van der Waals surface area contributed by atoms with Crippen molar-refractivity contribution in [1.82, 2.24) is 4.98 Å². The second-order valence-electron chi connectivity index (χ2n) is 4.23. The summed E-state index contributed by atoms with van der Waals surface area (Å²) in [5.41, 5.74) is 1.45. The molecule has 0 aliphatic rings. The third-order valence-corrected chi connectivity index (χ3v) is 3.75. The minimum absolute atomic E-state index is 0.00720. The van der Waals surface area contributed by atoms with Crippen molar-refractivity contribution in [3.63, 3.8) is 0 Å². The maximum Gasteiger partial charge on any atom is 0.124 e. The molecule has 0 saturated carbocycles. The fourth-order valence-corrected chi connectivity index (χ4v) is 2.52. The maximum atomic E-state index is 13.6. The largest absolute Gasteiger partial charge is 0.395 e. The number of hydrogen-bond acceptors (Lipinski definition) is 3. The average molecular weight is 322 g/mol. The Balaban J connectivity index is 2.06. The third-order valence-electron chi connectivity index (χ3n) is 2.51. The zero-order valence-electron chi connectivity index (χ0n) is 11.1. The molecule has 1 N–H and O–H groups in total. The van der Waals surface area contributed by atoms with Crippen molar-refractivity contribution >= 4 is 23.4 Å². The van der Waals surface area contributed by atoms with Gasteiger partial charge in [0.2, 0.25) is 0 Å². The Morgan fingerprint density at radius 1 is 1.29 bits per heavy atom. The highest BCUT2D eigenvalue weighted by Gasteiger charge is 2.02. The van der Waals surface area contributed by atoms with Crippen molar-refractivity contribution in [2.75, 3.05) is 6.61 Å². The number of benzene rings is 1. The fourth-order valence-electron chi connectivity index (χ4n) is 1.63. The number of pyridine rings is 1. The monoisotopic (exact) mass is 321 g/mol. The lowest BCUT2D eigenvalue weighted by atomic mass is 10.1. The van der Waals surface area contributed by atoms with E-state index in [4.69, 9.17) is 16.7 Å². The van der Waals surface area contributed by atoms with Gasteiger partial charge in [-0.15, -0.1) is 11.8 Å². The molecule has 0 bridgehead atoms. The van der Waals surface area contributed by atoms with E-state index in [1.165, 1.54) is 23.9 Å². The first kappa shape index (κ1) is 15.8. The number of thioether (sulfide) groups is 1. The quantitative estimate of drug-likeness (QED) is 0.685. The van der Waals surface area contributed by atoms with Crippen LogP contribution in [-0.4, -0.2) is 16.7 Å². The summed E-state index contributed by atoms with van der Waals surface area (Å²) >= 11 is 7.28. The summed E-state index contributed by atoms with van der Waals surface area (Å²) in [6.07, 6.45) is 1.97. The summed E-state index contributed by atoms with van der Waals surface area (Å²) in [7, 11) is 0. The number of aliphatic hydroxyl groups is 1. The molecule has 2 aromatic rings. The zero-order valence-corrected chi connectivity index (χ0v) is 12.7. The normalized spacial score (nSPS) is 10.0. The third kappa shape index (κ3) is 5.39. The fraction of sp³-hybridized carbons (Fsp3) is 0.188. The second-order valence-corrected chi connectivity index (χ2v) is 5.66. The Morgan fingerprint density at radius 3 is 2.86 bits per heavy atom. The van der Waals surface area contributed by atoms with Crippen molar-refractivity contribution < 1.29 is 9.50 Å². The van der Waals surface area contributed by atoms with E-state index in [2.05, 4.69) is 16.8 Å². The summed E-state index contributed by atoms with van der Waals surface area (Å²) < 4.78 is 13.6. The highest BCUT2D eigenvalue weighted by molar-refractivity contribution is 7.98. The molecule has 1 aromatic carbocycles. The topological polar surface area (TPSA) is 33.1 Å². The van der Waals surface area contributed by atoms with Crippen LogP contribution in [0.25, 0.3) is 0 Å². The molecular weight excluding hydrogens is 309 g/mol. The molecule has 0 amide bonds. The first-order valence-electron chi connectivity index (χ1n) is 6.31. The predicted octanol–water partition coefficient (Wildman–Crippen LogP) is 3.90. The molecule has 0 atom stereocenters. The second kappa shape index (κ2) is 8.04. The van der Waals surface area contributed by atoms with E-state index >= 15 is 0 Å². The number of rotatable bonds is 4. The van der Waals surface area contributed by atoms with Gasteiger partial charge >= 0.3 is 0 Å². The Bertz CT molecular complexity index is 664. The summed E-state index contributed by atoms with van der Waals surface area (Å²) in [6.45, 7) is 0.00720. The summed E-state index contributed by atoms with van der Waals surface area (Å²) in [6, 6.07) is 8.32. The van der Waals surface area contributed by atoms with Gasteiger partial charge in [0.1, 0.15) is 5.82 Å². The SMILES string of the molecule is OCCC#Cc1cc(F)cc(CSc2ccc(Cl)cn2)c1. The van der Waals surface area contributed by atoms with Crippen LogP contribution in [0.15, 0.2) is 41.6 Å². The van der Waals surface area contributed by atoms with Crippen LogP contribution in [0.5, 0.6) is 0 Å². The Morgan fingerprint density at radius 2 is 2.14 bits per heavy atom. The van der Waals surface area contributed by atoms with Crippen molar-refractivity contribution in [3.05, 3.63) is 58.5 Å². The molecule has 0 saturated heterocycles. The van der Waals surface area contributed by atoms with Gasteiger partial charge in [-0.25, -0.2) is 9.37 Å². The highest BCUT2D eigenvalue weighted by atomic mass is 35.5. The Labute approximate surface area is 132 Å². The summed E-state index contributed by atoms with van der Waals surface area (Å²) in [5.74, 6) is 5.91. The van der Waals surface area contributed by atoms with Crippen molar-refractivity contribution in [1.29, 1.82) is 0 Å². The molecule has 2 nitrogen and oxygen atoms in total. The van der Waals surface area contributed by atoms with Crippen LogP contribution in [0.4, 0.5) is 4.39 Å². The van der Waals surface area contributed by atoms with Gasteiger partial charge < -0.3 is 5.11 Å². The van der Waals surface area contributed by atoms with Crippen molar-refractivity contribution in [2.24, 2.45) is 0 Å². The maximum absolute atomic E-state index is 13.6. The van der Waals surface area contributed by atoms with Gasteiger partial charge in [0, 0.05) is 23.9 Å². The number of aromatic nitrogens is 1. The predicted molar refractivity (Wildman–Crippen MR) is 83.8 cm³/mol. The first-order chi connectivity index (χ1) is 10.2. The molecule has 108 valence electrons. The average Bonchev–Trinajstić information content (AvgIpc) is 2.46. The van der Waals surface area contributed by atoms with Crippen LogP contribution >= 0.6 is 23.4 Å². The lowest BCUT2D eigenvalue weighted by Gasteiger charge is -2.03. The van der Waals surface area contributed by atoms with Gasteiger partial charge in [-0.1, -0.05) is 23.4 Å². The number of halogens is 2. The molecule has 0 aliphatic carbocycles. The van der Waals surface area contributed by atoms with Gasteiger partial charge in [-0.2, -0.15) is 0 Å². The molecule has 0 radical (unpaired) electrons. The molecule has 0 fully saturated rings. The van der Waals surface area contributed by atoms with E-state index in [1.54, 1.807) is 12.3 Å². The van der Waals surface area contributed by atoms with Crippen LogP contribution in [0.3, 0.4) is 0 Å². The Kier molecular flexibility index (Phi) is 6.06. The molecule has 1 aromatic heterocycles. The summed E-state index contributed by atoms with van der Waals surface area (Å²) in [4.78, 5) is 4.18. The molecule has 5 heteroatoms. The minimum atomic E-state index is -0.314. The Hall–Kier alpha value is -1.54. The van der Waals surface area contributed by atoms with E-state index in [9.17, 15) is 4.39 Å². The molecule has 21 heavy (non-hydrogen) atoms. The van der Waals surface area contributed by atoms with Gasteiger partial charge in [0.05, 0.1) is 16.7 Å². The van der Waals surface area contributed by atoms with Crippen LogP contribution in [0.2, 0.25) is 5.02 Å². The van der Waals surface area contributed by atoms with Crippen molar-refractivity contribution in [2.45, 2.75) is 17.2 Å². The summed E-state index contributed by atoms with van der Waals surface area (Å²) in [5, 5.41) is 10.1. The lowest BCUT2D eigenvalue weighted by Crippen LogP contribution is -1.88. The van der Waals surface area contributed by atoms with Gasteiger partial charge in [-0.3, -0.25) is 0 Å². The molecule has 2 rings (SSSR count). The molecular formula is C16H13ClFNOS. The minimum Gasteiger partial charge on any atom is -0.395 e. The number of hydrogen-bond donors (Lipinski definition) is 1. The van der Waals surface area contributed by atoms with Crippen LogP contribution in [0.1, 0.15) is 17.5 Å². The van der Waals surface area contributed by atoms with Gasteiger partial charge in [0.15, 0.2) is 0 Å². The van der Waals surface area contributed by atoms with Crippen LogP contribution in [0, 0.1) is 17.7 Å². The van der Waals surface area contributed by atoms with E-state index in [0.29, 0.717) is 22.8 Å². The molecule has 0 unspecified atom stereocenters. The number of nitrogens with zero attached hydrogens (tertiary/aromatic N) is 1. The standard InChI is InChI=1S/C16H13ClFNOS/c17-14-4-5-16(19-10-14)21-11-13-7-12(3-1-2-6-20)8-15(18)9-13/h4-5,7-10,20H,2,6,11H2.